The number of hydrogen-bond acceptors (Lipinski definition) is 5. The van der Waals surface area contributed by atoms with Crippen LogP contribution in [0.1, 0.15) is 39.0 Å². The fraction of sp³-hybridized carbons (Fsp3) is 0.818. The van der Waals surface area contributed by atoms with Crippen molar-refractivity contribution in [1.29, 1.82) is 0 Å². The monoisotopic (exact) mass is 227 g/mol. The van der Waals surface area contributed by atoms with Crippen LogP contribution in [0, 0.1) is 0 Å². The zero-order valence-electron chi connectivity index (χ0n) is 10.5. The Morgan fingerprint density at radius 2 is 2.12 bits per heavy atom. The van der Waals surface area contributed by atoms with Gasteiger partial charge in [0.15, 0.2) is 0 Å². The van der Waals surface area contributed by atoms with Crippen LogP contribution in [0.15, 0.2) is 4.42 Å². The first-order chi connectivity index (χ1) is 7.66. The minimum absolute atomic E-state index is 0.469. The van der Waals surface area contributed by atoms with E-state index in [0.29, 0.717) is 11.8 Å². The Morgan fingerprint density at radius 1 is 1.38 bits per heavy atom. The molecule has 0 spiro atoms. The van der Waals surface area contributed by atoms with Crippen LogP contribution in [0.4, 0.5) is 0 Å². The summed E-state index contributed by atoms with van der Waals surface area (Å²) >= 11 is 0. The summed E-state index contributed by atoms with van der Waals surface area (Å²) in [6.07, 6.45) is 1.56. The minimum Gasteiger partial charge on any atom is -0.422 e. The second kappa shape index (κ2) is 5.96. The average Bonchev–Trinajstić information content (AvgIpc) is 2.78. The molecule has 1 rings (SSSR count). The van der Waals surface area contributed by atoms with Crippen LogP contribution in [0.3, 0.4) is 0 Å². The lowest BCUT2D eigenvalue weighted by atomic mass is 10.0. The lowest BCUT2D eigenvalue weighted by Gasteiger charge is -2.21. The molecule has 1 heterocycles. The van der Waals surface area contributed by atoms with E-state index in [2.05, 4.69) is 22.4 Å². The summed E-state index contributed by atoms with van der Waals surface area (Å²) in [5.74, 6) is 1.22. The standard InChI is InChI=1S/C11H21N3O2/c1-5-11(3,15-4)10-14-13-9(16-10)7-8-12-6-2/h12H,5-8H2,1-4H3. The third kappa shape index (κ3) is 3.02. The molecule has 92 valence electrons. The maximum atomic E-state index is 5.59. The van der Waals surface area contributed by atoms with Gasteiger partial charge in [-0.1, -0.05) is 13.8 Å². The summed E-state index contributed by atoms with van der Waals surface area (Å²) in [6.45, 7) is 7.86. The Kier molecular flexibility index (Phi) is 4.89. The summed E-state index contributed by atoms with van der Waals surface area (Å²) in [7, 11) is 1.66. The maximum Gasteiger partial charge on any atom is 0.247 e. The maximum absolute atomic E-state index is 5.59. The normalized spacial score (nSPS) is 15.0. The Balaban J connectivity index is 2.63. The molecule has 0 amide bonds. The first-order valence-electron chi connectivity index (χ1n) is 5.75. The second-order valence-corrected chi connectivity index (χ2v) is 3.89. The van der Waals surface area contributed by atoms with E-state index >= 15 is 0 Å². The lowest BCUT2D eigenvalue weighted by Crippen LogP contribution is -2.23. The van der Waals surface area contributed by atoms with Crippen molar-refractivity contribution in [2.24, 2.45) is 0 Å². The molecule has 1 unspecified atom stereocenters. The minimum atomic E-state index is -0.469. The molecule has 0 saturated heterocycles. The largest absolute Gasteiger partial charge is 0.422 e. The molecule has 0 aliphatic rings. The Labute approximate surface area is 96.6 Å². The van der Waals surface area contributed by atoms with Crippen LogP contribution in [0.5, 0.6) is 0 Å². The number of likely N-dealkylation sites (N-methyl/N-ethyl adjacent to an activating group) is 1. The molecule has 0 aromatic carbocycles. The van der Waals surface area contributed by atoms with Crippen LogP contribution in [-0.2, 0) is 16.8 Å². The van der Waals surface area contributed by atoms with Gasteiger partial charge in [-0.3, -0.25) is 0 Å². The van der Waals surface area contributed by atoms with E-state index in [1.807, 2.05) is 13.8 Å². The third-order valence-corrected chi connectivity index (χ3v) is 2.81. The molecule has 0 aliphatic carbocycles. The van der Waals surface area contributed by atoms with Gasteiger partial charge in [0.1, 0.15) is 5.60 Å². The van der Waals surface area contributed by atoms with Crippen molar-refractivity contribution >= 4 is 0 Å². The summed E-state index contributed by atoms with van der Waals surface area (Å²) in [6, 6.07) is 0. The van der Waals surface area contributed by atoms with E-state index in [0.717, 1.165) is 25.9 Å². The second-order valence-electron chi connectivity index (χ2n) is 3.89. The van der Waals surface area contributed by atoms with E-state index in [4.69, 9.17) is 9.15 Å². The third-order valence-electron chi connectivity index (χ3n) is 2.81. The van der Waals surface area contributed by atoms with E-state index < -0.39 is 5.60 Å². The number of aromatic nitrogens is 2. The summed E-state index contributed by atoms with van der Waals surface area (Å²) in [4.78, 5) is 0. The van der Waals surface area contributed by atoms with E-state index in [9.17, 15) is 0 Å². The highest BCUT2D eigenvalue weighted by atomic mass is 16.5. The number of nitrogens with zero attached hydrogens (tertiary/aromatic N) is 2. The smallest absolute Gasteiger partial charge is 0.247 e. The van der Waals surface area contributed by atoms with Crippen LogP contribution < -0.4 is 5.32 Å². The Hall–Kier alpha value is -0.940. The number of hydrogen-bond donors (Lipinski definition) is 1. The van der Waals surface area contributed by atoms with Gasteiger partial charge in [-0.25, -0.2) is 0 Å². The molecule has 16 heavy (non-hydrogen) atoms. The quantitative estimate of drug-likeness (QED) is 0.715. The van der Waals surface area contributed by atoms with Crippen molar-refractivity contribution in [3.63, 3.8) is 0 Å². The number of ether oxygens (including phenoxy) is 1. The molecule has 0 radical (unpaired) electrons. The number of rotatable bonds is 7. The molecule has 0 saturated carbocycles. The Bertz CT molecular complexity index is 308. The molecule has 1 aromatic rings. The average molecular weight is 227 g/mol. The van der Waals surface area contributed by atoms with Gasteiger partial charge in [0.25, 0.3) is 0 Å². The highest BCUT2D eigenvalue weighted by Crippen LogP contribution is 2.26. The van der Waals surface area contributed by atoms with Crippen LogP contribution in [0.2, 0.25) is 0 Å². The molecule has 0 aliphatic heterocycles. The molecule has 0 fully saturated rings. The van der Waals surface area contributed by atoms with E-state index in [1.54, 1.807) is 7.11 Å². The molecule has 5 nitrogen and oxygen atoms in total. The van der Waals surface area contributed by atoms with Crippen molar-refractivity contribution in [2.45, 2.75) is 39.2 Å². The SMILES string of the molecule is CCNCCc1nnc(C(C)(CC)OC)o1. The molecule has 0 bridgehead atoms. The zero-order valence-corrected chi connectivity index (χ0v) is 10.5. The first-order valence-corrected chi connectivity index (χ1v) is 5.75. The zero-order chi connectivity index (χ0) is 12.0. The van der Waals surface area contributed by atoms with Crippen molar-refractivity contribution < 1.29 is 9.15 Å². The topological polar surface area (TPSA) is 60.2 Å². The van der Waals surface area contributed by atoms with Gasteiger partial charge in [-0.2, -0.15) is 0 Å². The van der Waals surface area contributed by atoms with Crippen LogP contribution in [0.25, 0.3) is 0 Å². The van der Waals surface area contributed by atoms with Gasteiger partial charge in [0.05, 0.1) is 0 Å². The van der Waals surface area contributed by atoms with Gasteiger partial charge in [-0.05, 0) is 19.9 Å². The predicted molar refractivity (Wildman–Crippen MR) is 61.2 cm³/mol. The summed E-state index contributed by atoms with van der Waals surface area (Å²) < 4.78 is 11.0. The highest BCUT2D eigenvalue weighted by Gasteiger charge is 2.30. The van der Waals surface area contributed by atoms with Gasteiger partial charge >= 0.3 is 0 Å². The fourth-order valence-corrected chi connectivity index (χ4v) is 1.32. The lowest BCUT2D eigenvalue weighted by molar-refractivity contribution is -0.0242. The molecular weight excluding hydrogens is 206 g/mol. The Morgan fingerprint density at radius 3 is 2.69 bits per heavy atom. The van der Waals surface area contributed by atoms with Gasteiger partial charge in [0.2, 0.25) is 11.8 Å². The summed E-state index contributed by atoms with van der Waals surface area (Å²) in [5, 5.41) is 11.3. The molecule has 1 aromatic heterocycles. The molecule has 1 atom stereocenters. The van der Waals surface area contributed by atoms with Crippen LogP contribution in [-0.4, -0.2) is 30.4 Å². The predicted octanol–water partition coefficient (Wildman–Crippen LogP) is 1.49. The van der Waals surface area contributed by atoms with Crippen molar-refractivity contribution in [3.05, 3.63) is 11.8 Å². The van der Waals surface area contributed by atoms with Crippen molar-refractivity contribution in [1.82, 2.24) is 15.5 Å². The fourth-order valence-electron chi connectivity index (χ4n) is 1.32. The highest BCUT2D eigenvalue weighted by molar-refractivity contribution is 4.95. The van der Waals surface area contributed by atoms with Gasteiger partial charge < -0.3 is 14.5 Å². The summed E-state index contributed by atoms with van der Waals surface area (Å²) in [5.41, 5.74) is -0.469. The first kappa shape index (κ1) is 13.1. The molecular formula is C11H21N3O2. The van der Waals surface area contributed by atoms with Crippen molar-refractivity contribution in [2.75, 3.05) is 20.2 Å². The number of methoxy groups -OCH3 is 1. The van der Waals surface area contributed by atoms with Gasteiger partial charge in [0, 0.05) is 20.1 Å². The van der Waals surface area contributed by atoms with Crippen LogP contribution >= 0.6 is 0 Å². The van der Waals surface area contributed by atoms with E-state index in [1.165, 1.54) is 0 Å². The van der Waals surface area contributed by atoms with E-state index in [-0.39, 0.29) is 0 Å². The van der Waals surface area contributed by atoms with Gasteiger partial charge in [-0.15, -0.1) is 10.2 Å². The number of nitrogens with one attached hydrogen (secondary N) is 1. The molecule has 5 heteroatoms. The van der Waals surface area contributed by atoms with Crippen molar-refractivity contribution in [3.8, 4) is 0 Å². The molecule has 1 N–H and O–H groups in total.